The second-order valence-electron chi connectivity index (χ2n) is 5.24. The van der Waals surface area contributed by atoms with Crippen molar-refractivity contribution in [3.63, 3.8) is 0 Å². The van der Waals surface area contributed by atoms with Crippen LogP contribution >= 0.6 is 11.3 Å². The van der Waals surface area contributed by atoms with E-state index in [0.717, 1.165) is 16.5 Å². The van der Waals surface area contributed by atoms with E-state index in [1.165, 1.54) is 35.7 Å². The highest BCUT2D eigenvalue weighted by Gasteiger charge is 2.11. The van der Waals surface area contributed by atoms with Crippen LogP contribution in [0, 0.1) is 11.6 Å². The van der Waals surface area contributed by atoms with Crippen LogP contribution in [-0.2, 0) is 0 Å². The zero-order valence-corrected chi connectivity index (χ0v) is 13.1. The summed E-state index contributed by atoms with van der Waals surface area (Å²) < 4.78 is 28.9. The number of aromatic nitrogens is 2. The Hall–Kier alpha value is -2.86. The van der Waals surface area contributed by atoms with Crippen LogP contribution in [0.2, 0.25) is 0 Å². The fourth-order valence-corrected chi connectivity index (χ4v) is 3.27. The number of nitrogens with zero attached hydrogens (tertiary/aromatic N) is 2. The first-order valence-corrected chi connectivity index (χ1v) is 8.01. The van der Waals surface area contributed by atoms with Crippen LogP contribution < -0.4 is 5.43 Å². The summed E-state index contributed by atoms with van der Waals surface area (Å²) in [6, 6.07) is 10.1. The molecule has 4 aromatic rings. The van der Waals surface area contributed by atoms with E-state index in [-0.39, 0.29) is 11.1 Å². The quantitative estimate of drug-likeness (QED) is 0.542. The summed E-state index contributed by atoms with van der Waals surface area (Å²) in [4.78, 5) is 17.1. The Labute approximate surface area is 139 Å². The topological polar surface area (TPSA) is 34.9 Å². The fourth-order valence-electron chi connectivity index (χ4n) is 2.65. The summed E-state index contributed by atoms with van der Waals surface area (Å²) in [6.07, 6.45) is 3.23. The molecule has 0 N–H and O–H groups in total. The van der Waals surface area contributed by atoms with Gasteiger partial charge in [-0.1, -0.05) is 6.07 Å². The van der Waals surface area contributed by atoms with Gasteiger partial charge in [0.2, 0.25) is 0 Å². The summed E-state index contributed by atoms with van der Waals surface area (Å²) >= 11 is 1.47. The molecule has 0 aliphatic rings. The van der Waals surface area contributed by atoms with E-state index in [2.05, 4.69) is 4.98 Å². The van der Waals surface area contributed by atoms with Crippen LogP contribution in [0.25, 0.3) is 27.0 Å². The second kappa shape index (κ2) is 5.65. The molecule has 24 heavy (non-hydrogen) atoms. The number of pyridine rings is 1. The van der Waals surface area contributed by atoms with Gasteiger partial charge >= 0.3 is 0 Å². The molecule has 2 aromatic heterocycles. The molecule has 3 nitrogen and oxygen atoms in total. The lowest BCUT2D eigenvalue weighted by Gasteiger charge is -2.12. The number of fused-ring (bicyclic) bond motifs is 1. The third kappa shape index (κ3) is 2.41. The molecule has 2 aromatic carbocycles. The standard InChI is InChI=1S/C18H10F2N2OS/c19-12-2-4-15(14(20)8-12)22-6-5-17(23)13-3-1-11(7-16(13)22)18-9-21-10-24-18/h1-10H. The molecule has 0 atom stereocenters. The molecule has 0 saturated carbocycles. The van der Waals surface area contributed by atoms with Gasteiger partial charge in [-0.2, -0.15) is 0 Å². The maximum Gasteiger partial charge on any atom is 0.189 e. The number of hydrogen-bond acceptors (Lipinski definition) is 3. The summed E-state index contributed by atoms with van der Waals surface area (Å²) in [6.45, 7) is 0. The van der Waals surface area contributed by atoms with E-state index in [1.807, 2.05) is 12.1 Å². The van der Waals surface area contributed by atoms with Crippen LogP contribution in [0.3, 0.4) is 0 Å². The van der Waals surface area contributed by atoms with Crippen LogP contribution in [0.15, 0.2) is 65.2 Å². The first kappa shape index (κ1) is 14.7. The molecule has 0 spiro atoms. The largest absolute Gasteiger partial charge is 0.314 e. The second-order valence-corrected chi connectivity index (χ2v) is 6.13. The van der Waals surface area contributed by atoms with E-state index in [1.54, 1.807) is 22.3 Å². The van der Waals surface area contributed by atoms with Gasteiger partial charge in [-0.25, -0.2) is 8.78 Å². The van der Waals surface area contributed by atoms with Gasteiger partial charge in [-0.3, -0.25) is 9.78 Å². The molecule has 0 aliphatic carbocycles. The smallest absolute Gasteiger partial charge is 0.189 e. The first-order chi connectivity index (χ1) is 11.6. The van der Waals surface area contributed by atoms with Crippen molar-refractivity contribution in [2.75, 3.05) is 0 Å². The van der Waals surface area contributed by atoms with Crippen molar-refractivity contribution < 1.29 is 8.78 Å². The highest BCUT2D eigenvalue weighted by atomic mass is 32.1. The summed E-state index contributed by atoms with van der Waals surface area (Å²) in [7, 11) is 0. The lowest BCUT2D eigenvalue weighted by atomic mass is 10.1. The third-order valence-corrected chi connectivity index (χ3v) is 4.61. The third-order valence-electron chi connectivity index (χ3n) is 3.78. The van der Waals surface area contributed by atoms with Gasteiger partial charge in [-0.05, 0) is 29.8 Å². The van der Waals surface area contributed by atoms with Gasteiger partial charge in [-0.15, -0.1) is 11.3 Å². The number of benzene rings is 2. The summed E-state index contributed by atoms with van der Waals surface area (Å²) in [5, 5.41) is 0.467. The first-order valence-electron chi connectivity index (χ1n) is 7.13. The number of halogens is 2. The van der Waals surface area contributed by atoms with Crippen LogP contribution in [0.5, 0.6) is 0 Å². The zero-order valence-electron chi connectivity index (χ0n) is 12.2. The molecule has 0 radical (unpaired) electrons. The molecule has 4 rings (SSSR count). The minimum atomic E-state index is -0.692. The van der Waals surface area contributed by atoms with E-state index >= 15 is 0 Å². The minimum Gasteiger partial charge on any atom is -0.314 e. The number of thiazole rings is 1. The van der Waals surface area contributed by atoms with Crippen molar-refractivity contribution in [3.8, 4) is 16.1 Å². The molecule has 6 heteroatoms. The lowest BCUT2D eigenvalue weighted by Crippen LogP contribution is -2.08. The minimum absolute atomic E-state index is 0.153. The van der Waals surface area contributed by atoms with Crippen molar-refractivity contribution in [3.05, 3.63) is 82.2 Å². The van der Waals surface area contributed by atoms with Gasteiger partial charge in [0.05, 0.1) is 21.6 Å². The van der Waals surface area contributed by atoms with E-state index in [9.17, 15) is 13.6 Å². The van der Waals surface area contributed by atoms with Crippen LogP contribution in [-0.4, -0.2) is 9.55 Å². The zero-order chi connectivity index (χ0) is 16.7. The molecule has 0 bridgehead atoms. The average Bonchev–Trinajstić information content (AvgIpc) is 3.10. The molecule has 118 valence electrons. The Kier molecular flexibility index (Phi) is 3.46. The van der Waals surface area contributed by atoms with Gasteiger partial charge in [0.1, 0.15) is 11.6 Å². The Morgan fingerprint density at radius 1 is 1.04 bits per heavy atom. The molecule has 0 saturated heterocycles. The van der Waals surface area contributed by atoms with E-state index in [0.29, 0.717) is 10.9 Å². The number of hydrogen-bond donors (Lipinski definition) is 0. The normalized spacial score (nSPS) is 11.1. The highest BCUT2D eigenvalue weighted by molar-refractivity contribution is 7.13. The van der Waals surface area contributed by atoms with Crippen molar-refractivity contribution >= 4 is 22.2 Å². The predicted octanol–water partition coefficient (Wildman–Crippen LogP) is 4.39. The van der Waals surface area contributed by atoms with Crippen molar-refractivity contribution in [1.29, 1.82) is 0 Å². The van der Waals surface area contributed by atoms with E-state index < -0.39 is 11.6 Å². The average molecular weight is 340 g/mol. The molecule has 0 amide bonds. The van der Waals surface area contributed by atoms with E-state index in [4.69, 9.17) is 0 Å². The molecule has 0 unspecified atom stereocenters. The predicted molar refractivity (Wildman–Crippen MR) is 90.6 cm³/mol. The maximum atomic E-state index is 14.2. The Bertz CT molecular complexity index is 1100. The molecule has 0 fully saturated rings. The summed E-state index contributed by atoms with van der Waals surface area (Å²) in [5.74, 6) is -1.34. The fraction of sp³-hybridized carbons (Fsp3) is 0. The molecule has 2 heterocycles. The Morgan fingerprint density at radius 3 is 2.67 bits per heavy atom. The maximum absolute atomic E-state index is 14.2. The van der Waals surface area contributed by atoms with Gasteiger partial charge < -0.3 is 4.57 Å². The van der Waals surface area contributed by atoms with Crippen molar-refractivity contribution in [1.82, 2.24) is 9.55 Å². The molecule has 0 aliphatic heterocycles. The number of rotatable bonds is 2. The van der Waals surface area contributed by atoms with Crippen LogP contribution in [0.1, 0.15) is 0 Å². The SMILES string of the molecule is O=c1ccn(-c2ccc(F)cc2F)c2cc(-c3cncs3)ccc12. The molecular formula is C18H10F2N2OS. The highest BCUT2D eigenvalue weighted by Crippen LogP contribution is 2.27. The molecular weight excluding hydrogens is 330 g/mol. The van der Waals surface area contributed by atoms with Gasteiger partial charge in [0, 0.05) is 29.9 Å². The Morgan fingerprint density at radius 2 is 1.92 bits per heavy atom. The van der Waals surface area contributed by atoms with Crippen molar-refractivity contribution in [2.45, 2.75) is 0 Å². The van der Waals surface area contributed by atoms with Crippen molar-refractivity contribution in [2.24, 2.45) is 0 Å². The lowest BCUT2D eigenvalue weighted by molar-refractivity contribution is 0.578. The van der Waals surface area contributed by atoms with Crippen LogP contribution in [0.4, 0.5) is 8.78 Å². The Balaban J connectivity index is 2.03. The van der Waals surface area contributed by atoms with Gasteiger partial charge in [0.25, 0.3) is 0 Å². The summed E-state index contributed by atoms with van der Waals surface area (Å²) in [5.41, 5.74) is 3.19. The monoisotopic (exact) mass is 340 g/mol. The van der Waals surface area contributed by atoms with Gasteiger partial charge in [0.15, 0.2) is 5.43 Å².